The largest absolute Gasteiger partial charge is 0.494 e. The minimum atomic E-state index is 0.0583. The van der Waals surface area contributed by atoms with Gasteiger partial charge in [-0.1, -0.05) is 12.1 Å². The highest BCUT2D eigenvalue weighted by molar-refractivity contribution is 5.78. The summed E-state index contributed by atoms with van der Waals surface area (Å²) in [7, 11) is 1.99. The normalized spacial score (nSPS) is 12.8. The molecule has 1 amide bonds. The number of hydrogen-bond donors (Lipinski definition) is 0. The molecule has 0 saturated carbocycles. The molecule has 29 heavy (non-hydrogen) atoms. The van der Waals surface area contributed by atoms with Crippen LogP contribution in [0.3, 0.4) is 0 Å². The number of fused-ring (bicyclic) bond motifs is 1. The van der Waals surface area contributed by atoms with Gasteiger partial charge in [-0.05, 0) is 61.6 Å². The topological polar surface area (TPSA) is 60.5 Å². The summed E-state index contributed by atoms with van der Waals surface area (Å²) in [5, 5.41) is 4.70. The van der Waals surface area contributed by atoms with Crippen molar-refractivity contribution in [2.24, 2.45) is 7.05 Å². The Morgan fingerprint density at radius 3 is 2.76 bits per heavy atom. The standard InChI is InChI=1S/C23H27N3O3/c1-3-28-18-11-9-17(10-12-18)14-23(27)26(15-19-6-5-13-29-19)16-21-20-7-4-8-22(20)25(2)24-21/h5-6,9-13H,3-4,7-8,14-16H2,1-2H3. The van der Waals surface area contributed by atoms with E-state index < -0.39 is 0 Å². The van der Waals surface area contributed by atoms with Gasteiger partial charge in [0, 0.05) is 12.7 Å². The Kier molecular flexibility index (Phi) is 5.69. The van der Waals surface area contributed by atoms with Gasteiger partial charge in [-0.15, -0.1) is 0 Å². The zero-order valence-electron chi connectivity index (χ0n) is 17.1. The van der Waals surface area contributed by atoms with Crippen molar-refractivity contribution in [2.45, 2.75) is 45.7 Å². The SMILES string of the molecule is CCOc1ccc(CC(=O)N(Cc2ccco2)Cc2nn(C)c3c2CCC3)cc1. The molecule has 6 heteroatoms. The molecule has 1 aliphatic carbocycles. The van der Waals surface area contributed by atoms with Gasteiger partial charge in [0.1, 0.15) is 11.5 Å². The van der Waals surface area contributed by atoms with Crippen molar-refractivity contribution in [1.82, 2.24) is 14.7 Å². The predicted octanol–water partition coefficient (Wildman–Crippen LogP) is 3.67. The van der Waals surface area contributed by atoms with Gasteiger partial charge in [0.25, 0.3) is 0 Å². The van der Waals surface area contributed by atoms with Crippen LogP contribution in [0.4, 0.5) is 0 Å². The Bertz CT molecular complexity index is 958. The van der Waals surface area contributed by atoms with Crippen LogP contribution >= 0.6 is 0 Å². The highest BCUT2D eigenvalue weighted by atomic mass is 16.5. The minimum Gasteiger partial charge on any atom is -0.494 e. The summed E-state index contributed by atoms with van der Waals surface area (Å²) >= 11 is 0. The number of furan rings is 1. The Morgan fingerprint density at radius 2 is 2.03 bits per heavy atom. The smallest absolute Gasteiger partial charge is 0.227 e. The van der Waals surface area contributed by atoms with Gasteiger partial charge in [-0.25, -0.2) is 0 Å². The van der Waals surface area contributed by atoms with E-state index >= 15 is 0 Å². The summed E-state index contributed by atoms with van der Waals surface area (Å²) in [4.78, 5) is 15.0. The first-order valence-corrected chi connectivity index (χ1v) is 10.2. The van der Waals surface area contributed by atoms with Crippen LogP contribution in [0.15, 0.2) is 47.1 Å². The van der Waals surface area contributed by atoms with Gasteiger partial charge >= 0.3 is 0 Å². The molecule has 1 aromatic carbocycles. The van der Waals surface area contributed by atoms with E-state index in [-0.39, 0.29) is 5.91 Å². The zero-order valence-corrected chi connectivity index (χ0v) is 17.1. The summed E-state index contributed by atoms with van der Waals surface area (Å²) in [6.45, 7) is 3.52. The maximum Gasteiger partial charge on any atom is 0.227 e. The predicted molar refractivity (Wildman–Crippen MR) is 110 cm³/mol. The highest BCUT2D eigenvalue weighted by Gasteiger charge is 2.24. The average molecular weight is 393 g/mol. The van der Waals surface area contributed by atoms with Crippen molar-refractivity contribution < 1.29 is 13.9 Å². The van der Waals surface area contributed by atoms with E-state index in [0.717, 1.165) is 42.0 Å². The van der Waals surface area contributed by atoms with Gasteiger partial charge < -0.3 is 14.1 Å². The van der Waals surface area contributed by atoms with Crippen molar-refractivity contribution in [3.05, 3.63) is 70.9 Å². The van der Waals surface area contributed by atoms with Crippen molar-refractivity contribution in [3.63, 3.8) is 0 Å². The molecule has 2 heterocycles. The van der Waals surface area contributed by atoms with Gasteiger partial charge in [-0.3, -0.25) is 9.48 Å². The minimum absolute atomic E-state index is 0.0583. The van der Waals surface area contributed by atoms with Crippen LogP contribution in [0.25, 0.3) is 0 Å². The summed E-state index contributed by atoms with van der Waals surface area (Å²) in [5.41, 5.74) is 4.59. The third-order valence-electron chi connectivity index (χ3n) is 5.41. The number of nitrogens with zero attached hydrogens (tertiary/aromatic N) is 3. The van der Waals surface area contributed by atoms with E-state index in [0.29, 0.717) is 26.1 Å². The van der Waals surface area contributed by atoms with Crippen LogP contribution in [0.2, 0.25) is 0 Å². The molecule has 3 aromatic rings. The van der Waals surface area contributed by atoms with E-state index in [9.17, 15) is 4.79 Å². The second-order valence-corrected chi connectivity index (χ2v) is 7.43. The number of carbonyl (C=O) groups is 1. The van der Waals surface area contributed by atoms with Crippen LogP contribution in [0, 0.1) is 0 Å². The average Bonchev–Trinajstić information content (AvgIpc) is 3.44. The fourth-order valence-electron chi connectivity index (χ4n) is 3.98. The number of aromatic nitrogens is 2. The zero-order chi connectivity index (χ0) is 20.2. The molecule has 0 N–H and O–H groups in total. The quantitative estimate of drug-likeness (QED) is 0.586. The van der Waals surface area contributed by atoms with Crippen LogP contribution in [0.1, 0.15) is 41.6 Å². The maximum atomic E-state index is 13.2. The third-order valence-corrected chi connectivity index (χ3v) is 5.41. The molecular formula is C23H27N3O3. The molecule has 2 aromatic heterocycles. The monoisotopic (exact) mass is 393 g/mol. The first kappa shape index (κ1) is 19.3. The van der Waals surface area contributed by atoms with Crippen LogP contribution in [-0.2, 0) is 44.2 Å². The molecule has 0 saturated heterocycles. The first-order chi connectivity index (χ1) is 14.1. The molecule has 0 radical (unpaired) electrons. The lowest BCUT2D eigenvalue weighted by atomic mass is 10.1. The Labute approximate surface area is 171 Å². The number of aryl methyl sites for hydroxylation is 1. The number of ether oxygens (including phenoxy) is 1. The third kappa shape index (κ3) is 4.36. The van der Waals surface area contributed by atoms with Crippen LogP contribution < -0.4 is 4.74 Å². The van der Waals surface area contributed by atoms with E-state index in [1.807, 2.05) is 60.0 Å². The van der Waals surface area contributed by atoms with Crippen molar-refractivity contribution in [3.8, 4) is 5.75 Å². The van der Waals surface area contributed by atoms with E-state index in [1.165, 1.54) is 11.3 Å². The number of hydrogen-bond acceptors (Lipinski definition) is 4. The van der Waals surface area contributed by atoms with Gasteiger partial charge in [-0.2, -0.15) is 5.10 Å². The van der Waals surface area contributed by atoms with Gasteiger partial charge in [0.2, 0.25) is 5.91 Å². The van der Waals surface area contributed by atoms with Gasteiger partial charge in [0.15, 0.2) is 0 Å². The number of amides is 1. The second kappa shape index (κ2) is 8.55. The lowest BCUT2D eigenvalue weighted by Crippen LogP contribution is -2.31. The highest BCUT2D eigenvalue weighted by Crippen LogP contribution is 2.26. The number of rotatable bonds is 8. The van der Waals surface area contributed by atoms with Crippen LogP contribution in [0.5, 0.6) is 5.75 Å². The molecule has 152 valence electrons. The van der Waals surface area contributed by atoms with Crippen LogP contribution in [-0.4, -0.2) is 27.2 Å². The maximum absolute atomic E-state index is 13.2. The number of carbonyl (C=O) groups excluding carboxylic acids is 1. The molecular weight excluding hydrogens is 366 g/mol. The van der Waals surface area contributed by atoms with Gasteiger partial charge in [0.05, 0.1) is 38.1 Å². The molecule has 0 atom stereocenters. The Morgan fingerprint density at radius 1 is 1.21 bits per heavy atom. The van der Waals surface area contributed by atoms with E-state index in [4.69, 9.17) is 14.3 Å². The molecule has 0 bridgehead atoms. The summed E-state index contributed by atoms with van der Waals surface area (Å²) in [6, 6.07) is 11.5. The summed E-state index contributed by atoms with van der Waals surface area (Å²) in [6.07, 6.45) is 5.24. The molecule has 0 fully saturated rings. The lowest BCUT2D eigenvalue weighted by molar-refractivity contribution is -0.132. The molecule has 6 nitrogen and oxygen atoms in total. The van der Waals surface area contributed by atoms with Crippen molar-refractivity contribution in [1.29, 1.82) is 0 Å². The lowest BCUT2D eigenvalue weighted by Gasteiger charge is -2.21. The molecule has 1 aliphatic rings. The second-order valence-electron chi connectivity index (χ2n) is 7.43. The molecule has 4 rings (SSSR count). The summed E-state index contributed by atoms with van der Waals surface area (Å²) < 4.78 is 13.0. The first-order valence-electron chi connectivity index (χ1n) is 10.2. The van der Waals surface area contributed by atoms with E-state index in [1.54, 1.807) is 6.26 Å². The molecule has 0 aliphatic heterocycles. The fourth-order valence-corrected chi connectivity index (χ4v) is 3.98. The van der Waals surface area contributed by atoms with Crippen molar-refractivity contribution in [2.75, 3.05) is 6.61 Å². The summed E-state index contributed by atoms with van der Waals surface area (Å²) in [5.74, 6) is 1.65. The molecule has 0 spiro atoms. The van der Waals surface area contributed by atoms with E-state index in [2.05, 4.69) is 0 Å². The van der Waals surface area contributed by atoms with Crippen molar-refractivity contribution >= 4 is 5.91 Å². The molecule has 0 unspecified atom stereocenters. The Hall–Kier alpha value is -3.02. The Balaban J connectivity index is 1.52. The number of benzene rings is 1. The fraction of sp³-hybridized carbons (Fsp3) is 0.391.